The minimum atomic E-state index is -0.0307. The Balaban J connectivity index is 1.49. The number of fused-ring (bicyclic) bond motifs is 1. The van der Waals surface area contributed by atoms with Crippen LogP contribution in [0.4, 0.5) is 0 Å². The summed E-state index contributed by atoms with van der Waals surface area (Å²) in [6.07, 6.45) is 0. The van der Waals surface area contributed by atoms with Gasteiger partial charge < -0.3 is 19.5 Å². The minimum absolute atomic E-state index is 0.0307. The van der Waals surface area contributed by atoms with E-state index in [1.165, 1.54) is 11.3 Å². The fourth-order valence-corrected chi connectivity index (χ4v) is 3.94. The first-order valence-corrected chi connectivity index (χ1v) is 9.45. The molecule has 2 aromatic carbocycles. The molecule has 0 atom stereocenters. The summed E-state index contributed by atoms with van der Waals surface area (Å²) in [4.78, 5) is 16.1. The van der Waals surface area contributed by atoms with E-state index in [1.54, 1.807) is 24.1 Å². The number of amides is 1. The third-order valence-corrected chi connectivity index (χ3v) is 5.47. The predicted molar refractivity (Wildman–Crippen MR) is 105 cm³/mol. The maximum atomic E-state index is 12.7. The second kappa shape index (κ2) is 7.32. The number of phenols is 1. The first-order chi connectivity index (χ1) is 13.1. The van der Waals surface area contributed by atoms with Crippen molar-refractivity contribution >= 4 is 17.2 Å². The van der Waals surface area contributed by atoms with Gasteiger partial charge in [-0.05, 0) is 53.6 Å². The number of benzene rings is 2. The first-order valence-electron chi connectivity index (χ1n) is 8.63. The lowest BCUT2D eigenvalue weighted by Crippen LogP contribution is -2.25. The molecular formula is C21H19NO4S. The van der Waals surface area contributed by atoms with Crippen LogP contribution in [0.3, 0.4) is 0 Å². The Morgan fingerprint density at radius 2 is 1.78 bits per heavy atom. The van der Waals surface area contributed by atoms with Crippen LogP contribution in [-0.4, -0.2) is 36.2 Å². The van der Waals surface area contributed by atoms with E-state index in [2.05, 4.69) is 0 Å². The van der Waals surface area contributed by atoms with Gasteiger partial charge in [0.1, 0.15) is 19.0 Å². The number of thiophene rings is 1. The molecule has 138 valence electrons. The van der Waals surface area contributed by atoms with E-state index in [-0.39, 0.29) is 11.7 Å². The van der Waals surface area contributed by atoms with Gasteiger partial charge in [-0.1, -0.05) is 12.1 Å². The lowest BCUT2D eigenvalue weighted by atomic mass is 10.1. The lowest BCUT2D eigenvalue weighted by Gasteiger charge is -2.18. The molecule has 0 fully saturated rings. The van der Waals surface area contributed by atoms with Crippen molar-refractivity contribution in [3.05, 3.63) is 65.0 Å². The molecule has 0 saturated carbocycles. The van der Waals surface area contributed by atoms with Gasteiger partial charge >= 0.3 is 0 Å². The van der Waals surface area contributed by atoms with Crippen molar-refractivity contribution in [1.82, 2.24) is 4.90 Å². The Hall–Kier alpha value is -2.99. The smallest absolute Gasteiger partial charge is 0.263 e. The molecule has 5 nitrogen and oxygen atoms in total. The quantitative estimate of drug-likeness (QED) is 0.737. The highest BCUT2D eigenvalue weighted by Gasteiger charge is 2.17. The van der Waals surface area contributed by atoms with E-state index in [0.29, 0.717) is 24.6 Å². The van der Waals surface area contributed by atoms with Gasteiger partial charge in [0.05, 0.1) is 4.88 Å². The van der Waals surface area contributed by atoms with Crippen LogP contribution >= 0.6 is 11.3 Å². The zero-order valence-corrected chi connectivity index (χ0v) is 15.7. The summed E-state index contributed by atoms with van der Waals surface area (Å²) in [6, 6.07) is 16.5. The number of hydrogen-bond donors (Lipinski definition) is 1. The molecule has 0 unspecified atom stereocenters. The number of carbonyl (C=O) groups is 1. The largest absolute Gasteiger partial charge is 0.508 e. The molecule has 1 aromatic heterocycles. The maximum Gasteiger partial charge on any atom is 0.263 e. The molecule has 0 radical (unpaired) electrons. The van der Waals surface area contributed by atoms with E-state index in [0.717, 1.165) is 27.5 Å². The van der Waals surface area contributed by atoms with E-state index in [9.17, 15) is 9.90 Å². The molecular weight excluding hydrogens is 362 g/mol. The SMILES string of the molecule is CN(Cc1ccc(O)cc1)C(=O)c1ccc(-c2ccc3c(c2)OCCO3)s1. The van der Waals surface area contributed by atoms with Crippen LogP contribution in [0.1, 0.15) is 15.2 Å². The third-order valence-electron chi connectivity index (χ3n) is 4.35. The van der Waals surface area contributed by atoms with Crippen molar-refractivity contribution in [2.24, 2.45) is 0 Å². The molecule has 4 rings (SSSR count). The third kappa shape index (κ3) is 3.75. The van der Waals surface area contributed by atoms with E-state index >= 15 is 0 Å². The molecule has 1 aliphatic heterocycles. The topological polar surface area (TPSA) is 59.0 Å². The maximum absolute atomic E-state index is 12.7. The van der Waals surface area contributed by atoms with Crippen LogP contribution in [0.2, 0.25) is 0 Å². The summed E-state index contributed by atoms with van der Waals surface area (Å²) in [6.45, 7) is 1.60. The average molecular weight is 381 g/mol. The van der Waals surface area contributed by atoms with Crippen molar-refractivity contribution < 1.29 is 19.4 Å². The molecule has 3 aromatic rings. The highest BCUT2D eigenvalue weighted by atomic mass is 32.1. The monoisotopic (exact) mass is 381 g/mol. The standard InChI is InChI=1S/C21H19NO4S/c1-22(13-14-2-5-16(23)6-3-14)21(24)20-9-8-19(27-20)15-4-7-17-18(12-15)26-11-10-25-17/h2-9,12,23H,10-11,13H2,1H3. The number of nitrogens with zero attached hydrogens (tertiary/aromatic N) is 1. The summed E-state index contributed by atoms with van der Waals surface area (Å²) in [7, 11) is 1.78. The highest BCUT2D eigenvalue weighted by molar-refractivity contribution is 7.17. The first kappa shape index (κ1) is 17.4. The Morgan fingerprint density at radius 1 is 1.04 bits per heavy atom. The van der Waals surface area contributed by atoms with E-state index in [4.69, 9.17) is 9.47 Å². The molecule has 27 heavy (non-hydrogen) atoms. The fraction of sp³-hybridized carbons (Fsp3) is 0.190. The zero-order valence-electron chi connectivity index (χ0n) is 14.8. The van der Waals surface area contributed by atoms with Gasteiger partial charge in [-0.25, -0.2) is 0 Å². The van der Waals surface area contributed by atoms with Crippen molar-refractivity contribution in [1.29, 1.82) is 0 Å². The van der Waals surface area contributed by atoms with Crippen LogP contribution in [0.5, 0.6) is 17.2 Å². The number of ether oxygens (including phenoxy) is 2. The number of hydrogen-bond acceptors (Lipinski definition) is 5. The number of aromatic hydroxyl groups is 1. The van der Waals surface area contributed by atoms with Crippen molar-refractivity contribution in [2.45, 2.75) is 6.54 Å². The van der Waals surface area contributed by atoms with Gasteiger partial charge in [-0.15, -0.1) is 11.3 Å². The fourth-order valence-electron chi connectivity index (χ4n) is 2.94. The highest BCUT2D eigenvalue weighted by Crippen LogP contribution is 2.37. The molecule has 0 saturated heterocycles. The van der Waals surface area contributed by atoms with Gasteiger partial charge in [-0.2, -0.15) is 0 Å². The van der Waals surface area contributed by atoms with Crippen LogP contribution in [0, 0.1) is 0 Å². The van der Waals surface area contributed by atoms with Crippen molar-refractivity contribution in [3.8, 4) is 27.7 Å². The van der Waals surface area contributed by atoms with Crippen molar-refractivity contribution in [2.75, 3.05) is 20.3 Å². The van der Waals surface area contributed by atoms with Crippen LogP contribution in [0.25, 0.3) is 10.4 Å². The van der Waals surface area contributed by atoms with Gasteiger partial charge in [0.2, 0.25) is 0 Å². The molecule has 0 bridgehead atoms. The molecule has 1 aliphatic rings. The second-order valence-corrected chi connectivity index (χ2v) is 7.43. The van der Waals surface area contributed by atoms with Crippen LogP contribution in [0.15, 0.2) is 54.6 Å². The van der Waals surface area contributed by atoms with Crippen LogP contribution < -0.4 is 9.47 Å². The Morgan fingerprint density at radius 3 is 2.56 bits per heavy atom. The van der Waals surface area contributed by atoms with Gasteiger partial charge in [0.15, 0.2) is 11.5 Å². The summed E-state index contributed by atoms with van der Waals surface area (Å²) < 4.78 is 11.2. The lowest BCUT2D eigenvalue weighted by molar-refractivity contribution is 0.0790. The molecule has 1 N–H and O–H groups in total. The minimum Gasteiger partial charge on any atom is -0.508 e. The van der Waals surface area contributed by atoms with Gasteiger partial charge in [-0.3, -0.25) is 4.79 Å². The second-order valence-electron chi connectivity index (χ2n) is 6.35. The normalized spacial score (nSPS) is 12.6. The molecule has 1 amide bonds. The summed E-state index contributed by atoms with van der Waals surface area (Å²) in [5.74, 6) is 1.68. The summed E-state index contributed by atoms with van der Waals surface area (Å²) in [5.41, 5.74) is 1.97. The van der Waals surface area contributed by atoms with Crippen molar-refractivity contribution in [3.63, 3.8) is 0 Å². The Labute approximate surface area is 161 Å². The van der Waals surface area contributed by atoms with E-state index < -0.39 is 0 Å². The predicted octanol–water partition coefficient (Wildman–Crippen LogP) is 4.16. The number of rotatable bonds is 4. The number of phenolic OH excluding ortho intramolecular Hbond substituents is 1. The average Bonchev–Trinajstić information content (AvgIpc) is 3.19. The molecule has 2 heterocycles. The molecule has 6 heteroatoms. The van der Waals surface area contributed by atoms with Crippen LogP contribution in [-0.2, 0) is 6.54 Å². The Kier molecular flexibility index (Phi) is 4.73. The zero-order chi connectivity index (χ0) is 18.8. The summed E-state index contributed by atoms with van der Waals surface area (Å²) in [5, 5.41) is 9.37. The number of carbonyl (C=O) groups excluding carboxylic acids is 1. The molecule has 0 aliphatic carbocycles. The molecule has 0 spiro atoms. The summed E-state index contributed by atoms with van der Waals surface area (Å²) >= 11 is 1.46. The van der Waals surface area contributed by atoms with Gasteiger partial charge in [0, 0.05) is 18.5 Å². The van der Waals surface area contributed by atoms with E-state index in [1.807, 2.05) is 42.5 Å². The van der Waals surface area contributed by atoms with Gasteiger partial charge in [0.25, 0.3) is 5.91 Å². The Bertz CT molecular complexity index is 965.